The van der Waals surface area contributed by atoms with Crippen molar-refractivity contribution in [2.24, 2.45) is 0 Å². The third-order valence-corrected chi connectivity index (χ3v) is 8.18. The van der Waals surface area contributed by atoms with Crippen LogP contribution in [0.1, 0.15) is 70.4 Å². The summed E-state index contributed by atoms with van der Waals surface area (Å²) in [5.74, 6) is -1.52. The van der Waals surface area contributed by atoms with Gasteiger partial charge in [0.1, 0.15) is 29.1 Å². The first-order chi connectivity index (χ1) is 19.1. The van der Waals surface area contributed by atoms with Crippen LogP contribution in [0.4, 0.5) is 5.13 Å². The monoisotopic (exact) mass is 558 g/mol. The topological polar surface area (TPSA) is 106 Å². The van der Waals surface area contributed by atoms with Gasteiger partial charge in [0.15, 0.2) is 5.13 Å². The number of nitrogens with zero attached hydrogens (tertiary/aromatic N) is 2. The second kappa shape index (κ2) is 10.7. The Hall–Kier alpha value is -4.24. The third-order valence-electron chi connectivity index (χ3n) is 7.04. The minimum absolute atomic E-state index is 0.0120. The van der Waals surface area contributed by atoms with Gasteiger partial charge in [-0.3, -0.25) is 14.5 Å². The molecule has 9 heteroatoms. The Morgan fingerprint density at radius 1 is 1.25 bits per heavy atom. The number of rotatable bonds is 7. The standard InChI is InChI=1S/C31H30N2O6S/c1-6-13-38-30(37)28-18(5)32-31(40-28)33-25(20-9-7-19(8-10-20)16(2)3)24(27(35)29(33)36)26(34)21-11-12-23-22(15-21)14-17(4)39-23/h6-12,15-17,25,34H,1,13-14H2,2-5H3. The molecular weight excluding hydrogens is 528 g/mol. The highest BCUT2D eigenvalue weighted by molar-refractivity contribution is 7.17. The first-order valence-electron chi connectivity index (χ1n) is 13.1. The first-order valence-corrected chi connectivity index (χ1v) is 13.9. The largest absolute Gasteiger partial charge is 0.507 e. The number of carbonyl (C=O) groups is 3. The summed E-state index contributed by atoms with van der Waals surface area (Å²) in [5.41, 5.74) is 3.39. The van der Waals surface area contributed by atoms with E-state index in [1.807, 2.05) is 31.2 Å². The van der Waals surface area contributed by atoms with Crippen LogP contribution in [0, 0.1) is 6.92 Å². The van der Waals surface area contributed by atoms with Crippen LogP contribution in [-0.2, 0) is 20.7 Å². The lowest BCUT2D eigenvalue weighted by Crippen LogP contribution is -2.29. The van der Waals surface area contributed by atoms with E-state index in [4.69, 9.17) is 9.47 Å². The Balaban J connectivity index is 1.65. The Bertz CT molecular complexity index is 1550. The fourth-order valence-corrected chi connectivity index (χ4v) is 6.00. The molecule has 2 unspecified atom stereocenters. The molecule has 3 heterocycles. The fourth-order valence-electron chi connectivity index (χ4n) is 5.01. The van der Waals surface area contributed by atoms with Gasteiger partial charge in [0.05, 0.1) is 17.3 Å². The summed E-state index contributed by atoms with van der Waals surface area (Å²) in [4.78, 5) is 45.7. The highest BCUT2D eigenvalue weighted by Crippen LogP contribution is 2.44. The van der Waals surface area contributed by atoms with Crippen molar-refractivity contribution in [3.8, 4) is 5.75 Å². The van der Waals surface area contributed by atoms with Gasteiger partial charge in [0, 0.05) is 12.0 Å². The molecule has 3 aromatic rings. The molecule has 2 aliphatic rings. The normalized spacial score (nSPS) is 19.6. The molecule has 1 saturated heterocycles. The van der Waals surface area contributed by atoms with Crippen molar-refractivity contribution in [2.75, 3.05) is 11.5 Å². The van der Waals surface area contributed by atoms with Crippen molar-refractivity contribution in [3.63, 3.8) is 0 Å². The number of ketones is 1. The lowest BCUT2D eigenvalue weighted by Gasteiger charge is -2.23. The number of benzene rings is 2. The van der Waals surface area contributed by atoms with E-state index in [0.29, 0.717) is 23.2 Å². The van der Waals surface area contributed by atoms with E-state index in [9.17, 15) is 19.5 Å². The number of aliphatic hydroxyl groups excluding tert-OH is 1. The number of hydrogen-bond donors (Lipinski definition) is 1. The zero-order chi connectivity index (χ0) is 28.7. The molecule has 2 aromatic carbocycles. The molecule has 0 spiro atoms. The van der Waals surface area contributed by atoms with Crippen LogP contribution >= 0.6 is 11.3 Å². The number of Topliss-reactive ketones (excluding diaryl/α,β-unsaturated/α-hetero) is 1. The van der Waals surface area contributed by atoms with E-state index in [0.717, 1.165) is 28.2 Å². The van der Waals surface area contributed by atoms with Crippen LogP contribution < -0.4 is 9.64 Å². The summed E-state index contributed by atoms with van der Waals surface area (Å²) >= 11 is 0.966. The molecule has 1 N–H and O–H groups in total. The summed E-state index contributed by atoms with van der Waals surface area (Å²) in [6.45, 7) is 11.3. The molecule has 2 aliphatic heterocycles. The van der Waals surface area contributed by atoms with Crippen molar-refractivity contribution < 1.29 is 29.0 Å². The van der Waals surface area contributed by atoms with E-state index in [1.165, 1.54) is 11.0 Å². The SMILES string of the molecule is C=CCOC(=O)c1sc(N2C(=O)C(=O)C(=C(O)c3ccc4c(c3)CC(C)O4)C2c2ccc(C(C)C)cc2)nc1C. The van der Waals surface area contributed by atoms with Gasteiger partial charge < -0.3 is 14.6 Å². The van der Waals surface area contributed by atoms with E-state index in [1.54, 1.807) is 25.1 Å². The highest BCUT2D eigenvalue weighted by atomic mass is 32.1. The number of anilines is 1. The fraction of sp³-hybridized carbons (Fsp3) is 0.290. The number of aryl methyl sites for hydroxylation is 1. The maximum absolute atomic E-state index is 13.6. The molecular formula is C31H30N2O6S. The number of fused-ring (bicyclic) bond motifs is 1. The number of amides is 1. The second-order valence-electron chi connectivity index (χ2n) is 10.2. The van der Waals surface area contributed by atoms with E-state index in [2.05, 4.69) is 25.4 Å². The molecule has 1 amide bonds. The maximum Gasteiger partial charge on any atom is 0.350 e. The van der Waals surface area contributed by atoms with Crippen LogP contribution in [-0.4, -0.2) is 40.5 Å². The smallest absolute Gasteiger partial charge is 0.350 e. The van der Waals surface area contributed by atoms with Gasteiger partial charge in [-0.25, -0.2) is 9.78 Å². The molecule has 0 bridgehead atoms. The van der Waals surface area contributed by atoms with E-state index < -0.39 is 23.7 Å². The average molecular weight is 559 g/mol. The van der Waals surface area contributed by atoms with Crippen molar-refractivity contribution >= 4 is 39.9 Å². The summed E-state index contributed by atoms with van der Waals surface area (Å²) < 4.78 is 11.0. The van der Waals surface area contributed by atoms with Crippen molar-refractivity contribution in [2.45, 2.75) is 52.2 Å². The molecule has 0 saturated carbocycles. The summed E-state index contributed by atoms with van der Waals surface area (Å²) in [6, 6.07) is 11.9. The van der Waals surface area contributed by atoms with Gasteiger partial charge in [0.25, 0.3) is 5.78 Å². The number of hydrogen-bond acceptors (Lipinski definition) is 8. The first kappa shape index (κ1) is 27.3. The van der Waals surface area contributed by atoms with Crippen LogP contribution in [0.5, 0.6) is 5.75 Å². The Kier molecular flexibility index (Phi) is 7.33. The molecule has 0 aliphatic carbocycles. The van der Waals surface area contributed by atoms with Crippen molar-refractivity contribution in [1.82, 2.24) is 4.98 Å². The molecule has 40 heavy (non-hydrogen) atoms. The molecule has 2 atom stereocenters. The Labute approximate surface area is 236 Å². The predicted molar refractivity (Wildman–Crippen MR) is 153 cm³/mol. The zero-order valence-corrected chi connectivity index (χ0v) is 23.6. The maximum atomic E-state index is 13.6. The summed E-state index contributed by atoms with van der Waals surface area (Å²) in [5, 5.41) is 11.7. The van der Waals surface area contributed by atoms with Crippen LogP contribution in [0.15, 0.2) is 60.7 Å². The number of ether oxygens (including phenoxy) is 2. The van der Waals surface area contributed by atoms with Crippen LogP contribution in [0.3, 0.4) is 0 Å². The number of thiazole rings is 1. The number of esters is 1. The Morgan fingerprint density at radius 3 is 2.65 bits per heavy atom. The Morgan fingerprint density at radius 2 is 1.98 bits per heavy atom. The summed E-state index contributed by atoms with van der Waals surface area (Å²) in [7, 11) is 0. The number of aromatic nitrogens is 1. The molecule has 5 rings (SSSR count). The van der Waals surface area contributed by atoms with Crippen molar-refractivity contribution in [3.05, 3.63) is 93.5 Å². The summed E-state index contributed by atoms with van der Waals surface area (Å²) in [6.07, 6.45) is 2.15. The van der Waals surface area contributed by atoms with E-state index in [-0.39, 0.29) is 40.0 Å². The molecule has 8 nitrogen and oxygen atoms in total. The minimum Gasteiger partial charge on any atom is -0.507 e. The van der Waals surface area contributed by atoms with Gasteiger partial charge in [-0.2, -0.15) is 0 Å². The highest BCUT2D eigenvalue weighted by Gasteiger charge is 2.48. The molecule has 1 fully saturated rings. The third kappa shape index (κ3) is 4.81. The zero-order valence-electron chi connectivity index (χ0n) is 22.8. The minimum atomic E-state index is -0.952. The van der Waals surface area contributed by atoms with Crippen molar-refractivity contribution in [1.29, 1.82) is 0 Å². The van der Waals surface area contributed by atoms with Crippen LogP contribution in [0.25, 0.3) is 5.76 Å². The lowest BCUT2D eigenvalue weighted by molar-refractivity contribution is -0.132. The van der Waals surface area contributed by atoms with Gasteiger partial charge >= 0.3 is 11.9 Å². The van der Waals surface area contributed by atoms with Crippen LogP contribution in [0.2, 0.25) is 0 Å². The molecule has 206 valence electrons. The average Bonchev–Trinajstić information content (AvgIpc) is 3.58. The predicted octanol–water partition coefficient (Wildman–Crippen LogP) is 5.87. The van der Waals surface area contributed by atoms with Gasteiger partial charge in [-0.15, -0.1) is 0 Å². The van der Waals surface area contributed by atoms with Gasteiger partial charge in [-0.05, 0) is 54.7 Å². The molecule has 0 radical (unpaired) electrons. The number of carbonyl (C=O) groups excluding carboxylic acids is 3. The van der Waals surface area contributed by atoms with Gasteiger partial charge in [0.2, 0.25) is 0 Å². The van der Waals surface area contributed by atoms with E-state index >= 15 is 0 Å². The lowest BCUT2D eigenvalue weighted by atomic mass is 9.93. The molecule has 1 aromatic heterocycles. The number of aliphatic hydroxyl groups is 1. The van der Waals surface area contributed by atoms with Gasteiger partial charge in [-0.1, -0.05) is 62.1 Å². The quantitative estimate of drug-likeness (QED) is 0.127. The second-order valence-corrected chi connectivity index (χ2v) is 11.2.